The minimum atomic E-state index is -0.469. The van der Waals surface area contributed by atoms with Gasteiger partial charge in [-0.2, -0.15) is 4.99 Å². The SMILES string of the molecule is C#CCn1c(=NC(=O)COc2ccc(Cl)cc2Cl)sc2cc3c(cc21)OCO3. The zero-order chi connectivity index (χ0) is 19.7. The first-order valence-corrected chi connectivity index (χ1v) is 9.64. The van der Waals surface area contributed by atoms with Gasteiger partial charge in [-0.05, 0) is 18.2 Å². The second kappa shape index (κ2) is 7.76. The van der Waals surface area contributed by atoms with E-state index >= 15 is 0 Å². The van der Waals surface area contributed by atoms with Crippen LogP contribution in [0.15, 0.2) is 35.3 Å². The van der Waals surface area contributed by atoms with Crippen LogP contribution in [0.3, 0.4) is 0 Å². The molecule has 0 bridgehead atoms. The van der Waals surface area contributed by atoms with Gasteiger partial charge in [0.1, 0.15) is 5.75 Å². The third kappa shape index (κ3) is 3.67. The number of amides is 1. The maximum atomic E-state index is 12.3. The summed E-state index contributed by atoms with van der Waals surface area (Å²) in [6.45, 7) is 0.173. The molecule has 4 rings (SSSR count). The van der Waals surface area contributed by atoms with Crippen molar-refractivity contribution < 1.29 is 19.0 Å². The zero-order valence-electron chi connectivity index (χ0n) is 14.3. The molecule has 3 aromatic rings. The van der Waals surface area contributed by atoms with Crippen LogP contribution >= 0.6 is 34.5 Å². The summed E-state index contributed by atoms with van der Waals surface area (Å²) in [5.74, 6) is 3.75. The lowest BCUT2D eigenvalue weighted by Gasteiger charge is -2.05. The fourth-order valence-electron chi connectivity index (χ4n) is 2.66. The lowest BCUT2D eigenvalue weighted by molar-refractivity contribution is -0.120. The normalized spacial score (nSPS) is 13.0. The highest BCUT2D eigenvalue weighted by atomic mass is 35.5. The van der Waals surface area contributed by atoms with Crippen molar-refractivity contribution in [2.75, 3.05) is 13.4 Å². The van der Waals surface area contributed by atoms with Crippen molar-refractivity contribution >= 4 is 50.7 Å². The van der Waals surface area contributed by atoms with Crippen LogP contribution in [0.25, 0.3) is 10.2 Å². The van der Waals surface area contributed by atoms with E-state index in [0.717, 1.165) is 10.2 Å². The van der Waals surface area contributed by atoms with Crippen LogP contribution in [0.1, 0.15) is 0 Å². The molecule has 0 saturated carbocycles. The standard InChI is InChI=1S/C19H12Cl2N2O4S/c1-2-5-23-13-7-15-16(27-10-26-15)8-17(13)28-19(23)22-18(24)9-25-14-4-3-11(20)6-12(14)21/h1,3-4,6-8H,5,9-10H2. The second-order valence-corrected chi connectivity index (χ2v) is 7.57. The summed E-state index contributed by atoms with van der Waals surface area (Å²) in [5.41, 5.74) is 0.820. The van der Waals surface area contributed by atoms with Crippen LogP contribution in [-0.2, 0) is 11.3 Å². The molecule has 1 aromatic heterocycles. The number of rotatable bonds is 4. The quantitative estimate of drug-likeness (QED) is 0.584. The van der Waals surface area contributed by atoms with Crippen molar-refractivity contribution in [2.45, 2.75) is 6.54 Å². The van der Waals surface area contributed by atoms with Gasteiger partial charge in [-0.15, -0.1) is 6.42 Å². The van der Waals surface area contributed by atoms with E-state index in [1.807, 2.05) is 12.1 Å². The predicted octanol–water partition coefficient (Wildman–Crippen LogP) is 3.88. The Balaban J connectivity index is 1.63. The molecule has 0 N–H and O–H groups in total. The van der Waals surface area contributed by atoms with Gasteiger partial charge in [-0.1, -0.05) is 40.5 Å². The number of carbonyl (C=O) groups excluding carboxylic acids is 1. The number of benzene rings is 2. The molecule has 142 valence electrons. The van der Waals surface area contributed by atoms with Crippen molar-refractivity contribution in [1.29, 1.82) is 0 Å². The highest BCUT2D eigenvalue weighted by Gasteiger charge is 2.18. The fourth-order valence-corrected chi connectivity index (χ4v) is 4.18. The van der Waals surface area contributed by atoms with Crippen LogP contribution in [-0.4, -0.2) is 23.9 Å². The molecule has 2 aromatic carbocycles. The lowest BCUT2D eigenvalue weighted by Crippen LogP contribution is -2.19. The summed E-state index contributed by atoms with van der Waals surface area (Å²) >= 11 is 13.2. The Morgan fingerprint density at radius 1 is 1.29 bits per heavy atom. The molecule has 0 saturated heterocycles. The van der Waals surface area contributed by atoms with Crippen molar-refractivity contribution in [1.82, 2.24) is 4.57 Å². The van der Waals surface area contributed by atoms with E-state index in [4.69, 9.17) is 43.8 Å². The van der Waals surface area contributed by atoms with Crippen LogP contribution in [0.5, 0.6) is 17.2 Å². The van der Waals surface area contributed by atoms with Gasteiger partial charge in [0.25, 0.3) is 5.91 Å². The summed E-state index contributed by atoms with van der Waals surface area (Å²) in [6, 6.07) is 8.44. The van der Waals surface area contributed by atoms with Crippen molar-refractivity contribution in [2.24, 2.45) is 4.99 Å². The van der Waals surface area contributed by atoms with Gasteiger partial charge in [0.05, 0.1) is 21.8 Å². The number of hydrogen-bond acceptors (Lipinski definition) is 5. The van der Waals surface area contributed by atoms with Gasteiger partial charge >= 0.3 is 0 Å². The van der Waals surface area contributed by atoms with Gasteiger partial charge in [-0.25, -0.2) is 0 Å². The maximum Gasteiger partial charge on any atom is 0.286 e. The highest BCUT2D eigenvalue weighted by Crippen LogP contribution is 2.37. The van der Waals surface area contributed by atoms with Crippen molar-refractivity contribution in [3.8, 4) is 29.6 Å². The number of aromatic nitrogens is 1. The highest BCUT2D eigenvalue weighted by molar-refractivity contribution is 7.16. The Morgan fingerprint density at radius 3 is 2.82 bits per heavy atom. The van der Waals surface area contributed by atoms with Crippen LogP contribution in [0, 0.1) is 12.3 Å². The number of ether oxygens (including phenoxy) is 3. The third-order valence-corrected chi connectivity index (χ3v) is 5.46. The Bertz CT molecular complexity index is 1190. The van der Waals surface area contributed by atoms with E-state index in [-0.39, 0.29) is 19.9 Å². The van der Waals surface area contributed by atoms with Crippen LogP contribution in [0.4, 0.5) is 0 Å². The fraction of sp³-hybridized carbons (Fsp3) is 0.158. The van der Waals surface area contributed by atoms with E-state index < -0.39 is 5.91 Å². The van der Waals surface area contributed by atoms with Crippen LogP contribution in [0.2, 0.25) is 10.0 Å². The topological polar surface area (TPSA) is 62.1 Å². The second-order valence-electron chi connectivity index (χ2n) is 5.72. The van der Waals surface area contributed by atoms with Gasteiger partial charge < -0.3 is 18.8 Å². The maximum absolute atomic E-state index is 12.3. The molecular weight excluding hydrogens is 423 g/mol. The van der Waals surface area contributed by atoms with Gasteiger partial charge in [0.15, 0.2) is 22.9 Å². The number of nitrogens with zero attached hydrogens (tertiary/aromatic N) is 2. The van der Waals surface area contributed by atoms with Gasteiger partial charge in [0, 0.05) is 17.2 Å². The van der Waals surface area contributed by atoms with E-state index in [0.29, 0.717) is 32.1 Å². The third-order valence-electron chi connectivity index (χ3n) is 3.89. The molecule has 6 nitrogen and oxygen atoms in total. The number of fused-ring (bicyclic) bond motifs is 2. The Labute approximate surface area is 173 Å². The number of carbonyl (C=O) groups is 1. The van der Waals surface area contributed by atoms with Gasteiger partial charge in [0.2, 0.25) is 6.79 Å². The first-order valence-electron chi connectivity index (χ1n) is 8.07. The molecule has 0 fully saturated rings. The molecule has 0 aliphatic carbocycles. The number of terminal acetylenes is 1. The minimum absolute atomic E-state index is 0.183. The van der Waals surface area contributed by atoms with Gasteiger partial charge in [-0.3, -0.25) is 4.79 Å². The average molecular weight is 435 g/mol. The molecule has 9 heteroatoms. The van der Waals surface area contributed by atoms with E-state index in [2.05, 4.69) is 10.9 Å². The lowest BCUT2D eigenvalue weighted by atomic mass is 10.3. The smallest absolute Gasteiger partial charge is 0.286 e. The molecule has 1 aliphatic rings. The number of hydrogen-bond donors (Lipinski definition) is 0. The monoisotopic (exact) mass is 434 g/mol. The zero-order valence-corrected chi connectivity index (χ0v) is 16.6. The molecule has 0 unspecified atom stereocenters. The molecular formula is C19H12Cl2N2O4S. The summed E-state index contributed by atoms with van der Waals surface area (Å²) in [5, 5.41) is 0.799. The first kappa shape index (κ1) is 18.7. The average Bonchev–Trinajstić information content (AvgIpc) is 3.24. The summed E-state index contributed by atoms with van der Waals surface area (Å²) in [6.07, 6.45) is 5.49. The number of thiazole rings is 1. The Hall–Kier alpha value is -2.66. The molecule has 28 heavy (non-hydrogen) atoms. The van der Waals surface area contributed by atoms with E-state index in [1.165, 1.54) is 17.4 Å². The minimum Gasteiger partial charge on any atom is -0.482 e. The van der Waals surface area contributed by atoms with Crippen LogP contribution < -0.4 is 19.0 Å². The molecule has 1 amide bonds. The van der Waals surface area contributed by atoms with Crippen molar-refractivity contribution in [3.63, 3.8) is 0 Å². The predicted molar refractivity (Wildman–Crippen MR) is 107 cm³/mol. The summed E-state index contributed by atoms with van der Waals surface area (Å²) in [7, 11) is 0. The molecule has 0 radical (unpaired) electrons. The molecule has 2 heterocycles. The molecule has 1 aliphatic heterocycles. The first-order chi connectivity index (χ1) is 13.5. The van der Waals surface area contributed by atoms with E-state index in [9.17, 15) is 4.79 Å². The largest absolute Gasteiger partial charge is 0.482 e. The molecule has 0 spiro atoms. The Kier molecular flexibility index (Phi) is 5.18. The summed E-state index contributed by atoms with van der Waals surface area (Å²) < 4.78 is 18.9. The Morgan fingerprint density at radius 2 is 2.07 bits per heavy atom. The summed E-state index contributed by atoms with van der Waals surface area (Å²) in [4.78, 5) is 16.9. The number of halogens is 2. The van der Waals surface area contributed by atoms with Crippen molar-refractivity contribution in [3.05, 3.63) is 45.2 Å². The van der Waals surface area contributed by atoms with E-state index in [1.54, 1.807) is 16.7 Å². The molecule has 0 atom stereocenters.